The normalized spacial score (nSPS) is 12.4. The molecule has 0 fully saturated rings. The van der Waals surface area contributed by atoms with Crippen molar-refractivity contribution in [2.75, 3.05) is 0 Å². The smallest absolute Gasteiger partial charge is 0.276 e. The summed E-state index contributed by atoms with van der Waals surface area (Å²) in [4.78, 5) is 7.63. The highest BCUT2D eigenvalue weighted by Crippen LogP contribution is 2.35. The number of aromatic amines is 1. The Labute approximate surface area is 142 Å². The Hall–Kier alpha value is -2.32. The van der Waals surface area contributed by atoms with Gasteiger partial charge in [0.1, 0.15) is 5.52 Å². The first-order valence-corrected chi connectivity index (χ1v) is 7.34. The number of halogens is 5. The van der Waals surface area contributed by atoms with Crippen molar-refractivity contribution in [3.05, 3.63) is 46.5 Å². The molecule has 1 N–H and O–H groups in total. The van der Waals surface area contributed by atoms with E-state index >= 15 is 0 Å². The van der Waals surface area contributed by atoms with Crippen LogP contribution in [0.2, 0.25) is 10.0 Å². The van der Waals surface area contributed by atoms with Crippen LogP contribution in [0, 0.1) is 0 Å². The SMILES string of the molecule is FC(F)(F)c1nc2cc(Cl)cnc2n1-c1cc(Cl)c2[nH]ncc2c1. The lowest BCUT2D eigenvalue weighted by Gasteiger charge is -2.11. The average molecular weight is 372 g/mol. The molecule has 0 saturated carbocycles. The second kappa shape index (κ2) is 5.09. The highest BCUT2D eigenvalue weighted by Gasteiger charge is 2.38. The summed E-state index contributed by atoms with van der Waals surface area (Å²) < 4.78 is 41.2. The first kappa shape index (κ1) is 15.2. The number of H-pyrrole nitrogens is 1. The predicted molar refractivity (Wildman–Crippen MR) is 83.5 cm³/mol. The van der Waals surface area contributed by atoms with Crippen LogP contribution in [0.5, 0.6) is 0 Å². The molecule has 0 radical (unpaired) electrons. The minimum absolute atomic E-state index is 0.0330. The summed E-state index contributed by atoms with van der Waals surface area (Å²) in [6, 6.07) is 4.25. The average Bonchev–Trinajstić information content (AvgIpc) is 3.09. The van der Waals surface area contributed by atoms with Gasteiger partial charge in [-0.15, -0.1) is 0 Å². The molecule has 10 heteroatoms. The lowest BCUT2D eigenvalue weighted by atomic mass is 10.2. The summed E-state index contributed by atoms with van der Waals surface area (Å²) in [6.07, 6.45) is -1.94. The van der Waals surface area contributed by atoms with Crippen LogP contribution < -0.4 is 0 Å². The zero-order valence-corrected chi connectivity index (χ0v) is 13.1. The molecule has 0 spiro atoms. The van der Waals surface area contributed by atoms with Crippen molar-refractivity contribution in [2.24, 2.45) is 0 Å². The van der Waals surface area contributed by atoms with E-state index in [4.69, 9.17) is 23.2 Å². The molecule has 4 aromatic rings. The molecule has 122 valence electrons. The highest BCUT2D eigenvalue weighted by atomic mass is 35.5. The van der Waals surface area contributed by atoms with Crippen LogP contribution >= 0.6 is 23.2 Å². The minimum atomic E-state index is -4.68. The van der Waals surface area contributed by atoms with Crippen molar-refractivity contribution in [1.82, 2.24) is 24.7 Å². The molecule has 0 aliphatic rings. The number of hydrogen-bond donors (Lipinski definition) is 1. The van der Waals surface area contributed by atoms with Crippen LogP contribution in [-0.2, 0) is 6.18 Å². The van der Waals surface area contributed by atoms with E-state index in [0.717, 1.165) is 4.57 Å². The number of fused-ring (bicyclic) bond motifs is 2. The van der Waals surface area contributed by atoms with E-state index in [1.54, 1.807) is 0 Å². The minimum Gasteiger partial charge on any atom is -0.276 e. The third-order valence-corrected chi connectivity index (χ3v) is 3.97. The third-order valence-electron chi connectivity index (χ3n) is 3.46. The van der Waals surface area contributed by atoms with Crippen molar-refractivity contribution in [3.63, 3.8) is 0 Å². The molecule has 0 aliphatic heterocycles. The molecule has 0 amide bonds. The molecule has 3 heterocycles. The summed E-state index contributed by atoms with van der Waals surface area (Å²) in [6.45, 7) is 0. The lowest BCUT2D eigenvalue weighted by Crippen LogP contribution is -2.14. The van der Waals surface area contributed by atoms with Gasteiger partial charge in [0.05, 0.1) is 27.4 Å². The van der Waals surface area contributed by atoms with Crippen LogP contribution in [0.25, 0.3) is 27.8 Å². The fourth-order valence-corrected chi connectivity index (χ4v) is 2.92. The second-order valence-corrected chi connectivity index (χ2v) is 5.87. The Bertz CT molecular complexity index is 1080. The van der Waals surface area contributed by atoms with Gasteiger partial charge in [0.2, 0.25) is 5.82 Å². The number of alkyl halides is 3. The molecular weight excluding hydrogens is 366 g/mol. The monoisotopic (exact) mass is 371 g/mol. The number of nitrogens with one attached hydrogen (secondary N) is 1. The first-order valence-electron chi connectivity index (χ1n) is 6.59. The molecule has 24 heavy (non-hydrogen) atoms. The maximum absolute atomic E-state index is 13.4. The quantitative estimate of drug-likeness (QED) is 0.530. The number of benzene rings is 1. The van der Waals surface area contributed by atoms with Crippen molar-refractivity contribution >= 4 is 45.3 Å². The molecule has 0 bridgehead atoms. The van der Waals surface area contributed by atoms with Gasteiger partial charge < -0.3 is 0 Å². The molecule has 5 nitrogen and oxygen atoms in total. The molecule has 0 atom stereocenters. The van der Waals surface area contributed by atoms with E-state index in [9.17, 15) is 13.2 Å². The van der Waals surface area contributed by atoms with Gasteiger partial charge >= 0.3 is 6.18 Å². The lowest BCUT2D eigenvalue weighted by molar-refractivity contribution is -0.145. The van der Waals surface area contributed by atoms with Crippen molar-refractivity contribution in [3.8, 4) is 5.69 Å². The van der Waals surface area contributed by atoms with Gasteiger partial charge in [-0.3, -0.25) is 9.67 Å². The number of hydrogen-bond acceptors (Lipinski definition) is 3. The van der Waals surface area contributed by atoms with Gasteiger partial charge in [-0.25, -0.2) is 9.97 Å². The van der Waals surface area contributed by atoms with Gasteiger partial charge in [0, 0.05) is 11.6 Å². The Morgan fingerprint density at radius 3 is 2.62 bits per heavy atom. The largest absolute Gasteiger partial charge is 0.450 e. The first-order chi connectivity index (χ1) is 11.3. The predicted octanol–water partition coefficient (Wildman–Crippen LogP) is 4.62. The molecule has 1 aromatic carbocycles. The van der Waals surface area contributed by atoms with Crippen LogP contribution in [-0.4, -0.2) is 24.7 Å². The Morgan fingerprint density at radius 2 is 1.88 bits per heavy atom. The number of nitrogens with zero attached hydrogens (tertiary/aromatic N) is 4. The van der Waals surface area contributed by atoms with Crippen molar-refractivity contribution in [1.29, 1.82) is 0 Å². The molecule has 4 rings (SSSR count). The van der Waals surface area contributed by atoms with Gasteiger partial charge in [-0.1, -0.05) is 23.2 Å². The zero-order chi connectivity index (χ0) is 17.1. The molecule has 3 aromatic heterocycles. The van der Waals surface area contributed by atoms with E-state index < -0.39 is 12.0 Å². The second-order valence-electron chi connectivity index (χ2n) is 5.03. The highest BCUT2D eigenvalue weighted by molar-refractivity contribution is 6.35. The number of pyridine rings is 1. The maximum atomic E-state index is 13.4. The fraction of sp³-hybridized carbons (Fsp3) is 0.0714. The van der Waals surface area contributed by atoms with E-state index in [0.29, 0.717) is 10.9 Å². The number of aromatic nitrogens is 5. The Morgan fingerprint density at radius 1 is 1.08 bits per heavy atom. The van der Waals surface area contributed by atoms with E-state index in [-0.39, 0.29) is 26.9 Å². The van der Waals surface area contributed by atoms with Gasteiger partial charge in [-0.05, 0) is 18.2 Å². The maximum Gasteiger partial charge on any atom is 0.450 e. The van der Waals surface area contributed by atoms with E-state index in [2.05, 4.69) is 20.2 Å². The van der Waals surface area contributed by atoms with Gasteiger partial charge in [0.25, 0.3) is 0 Å². The summed E-state index contributed by atoms with van der Waals surface area (Å²) in [5.41, 5.74) is 0.789. The Kier molecular flexibility index (Phi) is 3.23. The van der Waals surface area contributed by atoms with Gasteiger partial charge in [-0.2, -0.15) is 18.3 Å². The number of imidazole rings is 1. The van der Waals surface area contributed by atoms with Gasteiger partial charge in [0.15, 0.2) is 5.65 Å². The van der Waals surface area contributed by atoms with Crippen molar-refractivity contribution in [2.45, 2.75) is 6.18 Å². The van der Waals surface area contributed by atoms with Crippen molar-refractivity contribution < 1.29 is 13.2 Å². The molecule has 0 aliphatic carbocycles. The molecule has 0 unspecified atom stereocenters. The summed E-state index contributed by atoms with van der Waals surface area (Å²) in [5, 5.41) is 7.54. The standard InChI is InChI=1S/C14H6Cl2F3N5/c15-7-2-10-12(20-5-7)24(13(22-10)14(17,18)19)8-1-6-4-21-23-11(6)9(16)3-8/h1-5H,(H,21,23). The van der Waals surface area contributed by atoms with Crippen LogP contribution in [0.3, 0.4) is 0 Å². The third kappa shape index (κ3) is 2.30. The zero-order valence-electron chi connectivity index (χ0n) is 11.6. The number of rotatable bonds is 1. The van der Waals surface area contributed by atoms with E-state index in [1.165, 1.54) is 30.6 Å². The molecule has 0 saturated heterocycles. The summed E-state index contributed by atoms with van der Waals surface area (Å²) in [5.74, 6) is -1.11. The molecular formula is C14H6Cl2F3N5. The van der Waals surface area contributed by atoms with Crippen LogP contribution in [0.1, 0.15) is 5.82 Å². The topological polar surface area (TPSA) is 59.4 Å². The summed E-state index contributed by atoms with van der Waals surface area (Å²) >= 11 is 11.9. The Balaban J connectivity index is 2.10. The fourth-order valence-electron chi connectivity index (χ4n) is 2.50. The summed E-state index contributed by atoms with van der Waals surface area (Å²) in [7, 11) is 0. The van der Waals surface area contributed by atoms with Crippen LogP contribution in [0.15, 0.2) is 30.6 Å². The van der Waals surface area contributed by atoms with E-state index in [1.807, 2.05) is 0 Å². The van der Waals surface area contributed by atoms with Crippen LogP contribution in [0.4, 0.5) is 13.2 Å².